The van der Waals surface area contributed by atoms with Gasteiger partial charge in [0.2, 0.25) is 5.75 Å². The van der Waals surface area contributed by atoms with E-state index < -0.39 is 0 Å². The molecule has 124 valence electrons. The minimum atomic E-state index is 0.412. The van der Waals surface area contributed by atoms with Gasteiger partial charge in [-0.25, -0.2) is 0 Å². The second-order valence-corrected chi connectivity index (χ2v) is 5.85. The molecule has 4 nitrogen and oxygen atoms in total. The standard InChI is InChI=1S/C16H16Cl3NO3/c1-21-14-4-9(5-15(22-2)16(14)23-3)8-20-13-7-11(18)10(17)6-12(13)19/h4-7,20H,8H2,1-3H3. The molecule has 1 N–H and O–H groups in total. The van der Waals surface area contributed by atoms with Crippen molar-refractivity contribution in [2.75, 3.05) is 26.6 Å². The Morgan fingerprint density at radius 3 is 1.87 bits per heavy atom. The van der Waals surface area contributed by atoms with Gasteiger partial charge in [0.25, 0.3) is 0 Å². The molecular formula is C16H16Cl3NO3. The second-order valence-electron chi connectivity index (χ2n) is 4.63. The number of rotatable bonds is 6. The van der Waals surface area contributed by atoms with Crippen LogP contribution in [-0.4, -0.2) is 21.3 Å². The van der Waals surface area contributed by atoms with E-state index in [1.54, 1.807) is 33.5 Å². The Balaban J connectivity index is 2.25. The highest BCUT2D eigenvalue weighted by molar-refractivity contribution is 6.44. The Bertz CT molecular complexity index is 682. The molecule has 2 aromatic carbocycles. The van der Waals surface area contributed by atoms with E-state index in [0.717, 1.165) is 5.56 Å². The maximum atomic E-state index is 6.16. The molecule has 23 heavy (non-hydrogen) atoms. The van der Waals surface area contributed by atoms with E-state index >= 15 is 0 Å². The van der Waals surface area contributed by atoms with E-state index in [4.69, 9.17) is 49.0 Å². The molecule has 0 aliphatic carbocycles. The van der Waals surface area contributed by atoms with Gasteiger partial charge < -0.3 is 19.5 Å². The summed E-state index contributed by atoms with van der Waals surface area (Å²) in [6, 6.07) is 7.01. The fraction of sp³-hybridized carbons (Fsp3) is 0.250. The van der Waals surface area contributed by atoms with E-state index in [2.05, 4.69) is 5.32 Å². The predicted molar refractivity (Wildman–Crippen MR) is 94.9 cm³/mol. The first kappa shape index (κ1) is 17.9. The lowest BCUT2D eigenvalue weighted by molar-refractivity contribution is 0.324. The SMILES string of the molecule is COc1cc(CNc2cc(Cl)c(Cl)cc2Cl)cc(OC)c1OC. The van der Waals surface area contributed by atoms with Gasteiger partial charge in [-0.3, -0.25) is 0 Å². The maximum absolute atomic E-state index is 6.16. The summed E-state index contributed by atoms with van der Waals surface area (Å²) in [5.74, 6) is 1.72. The van der Waals surface area contributed by atoms with Crippen LogP contribution in [0.4, 0.5) is 5.69 Å². The zero-order chi connectivity index (χ0) is 17.0. The number of hydrogen-bond donors (Lipinski definition) is 1. The van der Waals surface area contributed by atoms with Crippen LogP contribution in [0.5, 0.6) is 17.2 Å². The molecule has 0 fully saturated rings. The molecule has 0 bridgehead atoms. The number of methoxy groups -OCH3 is 3. The molecule has 0 aliphatic rings. The molecule has 0 spiro atoms. The van der Waals surface area contributed by atoms with Crippen molar-refractivity contribution < 1.29 is 14.2 Å². The molecule has 0 aromatic heterocycles. The van der Waals surface area contributed by atoms with Gasteiger partial charge >= 0.3 is 0 Å². The highest BCUT2D eigenvalue weighted by Crippen LogP contribution is 2.38. The molecular weight excluding hydrogens is 361 g/mol. The van der Waals surface area contributed by atoms with Crippen molar-refractivity contribution in [1.29, 1.82) is 0 Å². The Morgan fingerprint density at radius 2 is 1.35 bits per heavy atom. The van der Waals surface area contributed by atoms with Gasteiger partial charge in [0.1, 0.15) is 0 Å². The molecule has 0 amide bonds. The first-order chi connectivity index (χ1) is 11.0. The summed E-state index contributed by atoms with van der Waals surface area (Å²) in [6.07, 6.45) is 0. The van der Waals surface area contributed by atoms with Crippen molar-refractivity contribution in [1.82, 2.24) is 0 Å². The van der Waals surface area contributed by atoms with E-state index in [0.29, 0.717) is 44.5 Å². The minimum absolute atomic E-state index is 0.412. The van der Waals surface area contributed by atoms with Crippen molar-refractivity contribution in [2.24, 2.45) is 0 Å². The quantitative estimate of drug-likeness (QED) is 0.696. The highest BCUT2D eigenvalue weighted by Gasteiger charge is 2.13. The Labute approximate surface area is 150 Å². The largest absolute Gasteiger partial charge is 0.493 e. The molecule has 2 aromatic rings. The van der Waals surface area contributed by atoms with Crippen LogP contribution < -0.4 is 19.5 Å². The van der Waals surface area contributed by atoms with Gasteiger partial charge in [0, 0.05) is 6.54 Å². The molecule has 0 aliphatic heterocycles. The summed E-state index contributed by atoms with van der Waals surface area (Å²) in [5.41, 5.74) is 1.62. The van der Waals surface area contributed by atoms with Crippen LogP contribution in [0.2, 0.25) is 15.1 Å². The first-order valence-electron chi connectivity index (χ1n) is 6.67. The molecule has 0 atom stereocenters. The van der Waals surface area contributed by atoms with Gasteiger partial charge in [-0.2, -0.15) is 0 Å². The first-order valence-corrected chi connectivity index (χ1v) is 7.80. The second kappa shape index (κ2) is 7.86. The van der Waals surface area contributed by atoms with Crippen LogP contribution in [0.1, 0.15) is 5.56 Å². The average Bonchev–Trinajstić information content (AvgIpc) is 2.55. The number of halogens is 3. The summed E-state index contributed by atoms with van der Waals surface area (Å²) in [6.45, 7) is 0.494. The molecule has 7 heteroatoms. The minimum Gasteiger partial charge on any atom is -0.493 e. The molecule has 2 rings (SSSR count). The highest BCUT2D eigenvalue weighted by atomic mass is 35.5. The summed E-state index contributed by atoms with van der Waals surface area (Å²) < 4.78 is 16.0. The van der Waals surface area contributed by atoms with Crippen molar-refractivity contribution in [3.63, 3.8) is 0 Å². The third-order valence-corrected chi connectivity index (χ3v) is 4.25. The van der Waals surface area contributed by atoms with Crippen LogP contribution in [0.25, 0.3) is 0 Å². The van der Waals surface area contributed by atoms with Crippen LogP contribution >= 0.6 is 34.8 Å². The van der Waals surface area contributed by atoms with Crippen LogP contribution in [-0.2, 0) is 6.54 Å². The summed E-state index contributed by atoms with van der Waals surface area (Å²) in [4.78, 5) is 0. The van der Waals surface area contributed by atoms with Gasteiger partial charge in [-0.05, 0) is 29.8 Å². The van der Waals surface area contributed by atoms with Crippen LogP contribution in [0.15, 0.2) is 24.3 Å². The van der Waals surface area contributed by atoms with Crippen LogP contribution in [0, 0.1) is 0 Å². The molecule has 0 saturated carbocycles. The molecule has 0 unspecified atom stereocenters. The third-order valence-electron chi connectivity index (χ3n) is 3.22. The van der Waals surface area contributed by atoms with Crippen molar-refractivity contribution in [3.8, 4) is 17.2 Å². The molecule has 0 radical (unpaired) electrons. The topological polar surface area (TPSA) is 39.7 Å². The number of ether oxygens (including phenoxy) is 3. The Morgan fingerprint density at radius 1 is 0.783 bits per heavy atom. The number of anilines is 1. The van der Waals surface area contributed by atoms with E-state index in [-0.39, 0.29) is 0 Å². The number of benzene rings is 2. The summed E-state index contributed by atoms with van der Waals surface area (Å²) in [5, 5.41) is 4.55. The zero-order valence-corrected chi connectivity index (χ0v) is 15.1. The number of hydrogen-bond acceptors (Lipinski definition) is 4. The van der Waals surface area contributed by atoms with Gasteiger partial charge in [-0.15, -0.1) is 0 Å². The van der Waals surface area contributed by atoms with Crippen LogP contribution in [0.3, 0.4) is 0 Å². The summed E-state index contributed by atoms with van der Waals surface area (Å²) in [7, 11) is 4.71. The molecule has 0 saturated heterocycles. The van der Waals surface area contributed by atoms with Gasteiger partial charge in [-0.1, -0.05) is 34.8 Å². The Hall–Kier alpha value is -1.49. The maximum Gasteiger partial charge on any atom is 0.203 e. The zero-order valence-electron chi connectivity index (χ0n) is 12.9. The number of nitrogens with one attached hydrogen (secondary N) is 1. The smallest absolute Gasteiger partial charge is 0.203 e. The van der Waals surface area contributed by atoms with E-state index in [1.165, 1.54) is 0 Å². The van der Waals surface area contributed by atoms with Crippen molar-refractivity contribution in [3.05, 3.63) is 44.9 Å². The normalized spacial score (nSPS) is 10.3. The van der Waals surface area contributed by atoms with Crippen molar-refractivity contribution in [2.45, 2.75) is 6.54 Å². The van der Waals surface area contributed by atoms with Gasteiger partial charge in [0.05, 0.1) is 42.1 Å². The lowest BCUT2D eigenvalue weighted by Gasteiger charge is -2.15. The lowest BCUT2D eigenvalue weighted by Crippen LogP contribution is -2.02. The molecule has 0 heterocycles. The van der Waals surface area contributed by atoms with Crippen molar-refractivity contribution >= 4 is 40.5 Å². The third kappa shape index (κ3) is 4.08. The average molecular weight is 377 g/mol. The predicted octanol–water partition coefficient (Wildman–Crippen LogP) is 5.28. The van der Waals surface area contributed by atoms with E-state index in [9.17, 15) is 0 Å². The fourth-order valence-electron chi connectivity index (χ4n) is 2.09. The Kier molecular flexibility index (Phi) is 6.10. The fourth-order valence-corrected chi connectivity index (χ4v) is 2.71. The summed E-state index contributed by atoms with van der Waals surface area (Å²) >= 11 is 18.1. The van der Waals surface area contributed by atoms with E-state index in [1.807, 2.05) is 12.1 Å². The lowest BCUT2D eigenvalue weighted by atomic mass is 10.1. The monoisotopic (exact) mass is 375 g/mol. The van der Waals surface area contributed by atoms with Gasteiger partial charge in [0.15, 0.2) is 11.5 Å².